The average molecular weight is 498 g/mol. The Morgan fingerprint density at radius 2 is 0.688 bits per heavy atom. The quantitative estimate of drug-likeness (QED) is 0.443. The van der Waals surface area contributed by atoms with Crippen LogP contribution in [0.2, 0.25) is 0 Å². The molecule has 0 aromatic heterocycles. The number of rotatable bonds is 6. The van der Waals surface area contributed by atoms with Crippen LogP contribution >= 0.6 is 0 Å². The van der Waals surface area contributed by atoms with Gasteiger partial charge in [-0.25, -0.2) is 0 Å². The Balaban J connectivity index is 3.13. The predicted molar refractivity (Wildman–Crippen MR) is 79.7 cm³/mol. The highest BCUT2D eigenvalue weighted by Gasteiger charge is 2.71. The molecule has 16 heteroatoms. The highest BCUT2D eigenvalue weighted by Crippen LogP contribution is 2.49. The van der Waals surface area contributed by atoms with Crippen molar-refractivity contribution in [2.24, 2.45) is 0 Å². The van der Waals surface area contributed by atoms with Gasteiger partial charge >= 0.3 is 24.7 Å². The van der Waals surface area contributed by atoms with Gasteiger partial charge in [-0.05, 0) is 11.1 Å². The zero-order valence-corrected chi connectivity index (χ0v) is 15.2. The van der Waals surface area contributed by atoms with E-state index in [0.29, 0.717) is 24.3 Å². The van der Waals surface area contributed by atoms with Crippen LogP contribution in [0.25, 0.3) is 0 Å². The van der Waals surface area contributed by atoms with Crippen LogP contribution in [-0.2, 0) is 0 Å². The Hall–Kier alpha value is -1.78. The highest BCUT2D eigenvalue weighted by atomic mass is 19.4. The van der Waals surface area contributed by atoms with E-state index in [9.17, 15) is 62.9 Å². The summed E-state index contributed by atoms with van der Waals surface area (Å²) >= 11 is 0. The summed E-state index contributed by atoms with van der Waals surface area (Å²) in [5.74, 6) is 0. The molecule has 0 aliphatic heterocycles. The van der Waals surface area contributed by atoms with Gasteiger partial charge in [-0.1, -0.05) is 24.3 Å². The van der Waals surface area contributed by atoms with Gasteiger partial charge in [-0.3, -0.25) is 0 Å². The van der Waals surface area contributed by atoms with E-state index in [1.807, 2.05) is 0 Å². The molecule has 2 atom stereocenters. The van der Waals surface area contributed by atoms with E-state index in [-0.39, 0.29) is 0 Å². The Morgan fingerprint density at radius 3 is 0.844 bits per heavy atom. The van der Waals surface area contributed by atoms with Crippen LogP contribution in [0.1, 0.15) is 36.2 Å². The molecule has 0 saturated heterocycles. The summed E-state index contributed by atoms with van der Waals surface area (Å²) in [5.41, 5.74) is -12.1. The van der Waals surface area contributed by atoms with Crippen LogP contribution < -0.4 is 0 Å². The summed E-state index contributed by atoms with van der Waals surface area (Å²) in [6.07, 6.45) is -34.9. The van der Waals surface area contributed by atoms with Gasteiger partial charge in [0.1, 0.15) is 0 Å². The molecule has 1 aromatic carbocycles. The molecule has 32 heavy (non-hydrogen) atoms. The van der Waals surface area contributed by atoms with E-state index in [1.54, 1.807) is 0 Å². The van der Waals surface area contributed by atoms with Crippen LogP contribution in [0, 0.1) is 0 Å². The number of aliphatic hydroxyl groups excluding tert-OH is 2. The lowest BCUT2D eigenvalue weighted by Gasteiger charge is -2.34. The third kappa shape index (κ3) is 5.40. The molecular formula is C16H14F12O4. The first kappa shape index (κ1) is 28.3. The smallest absolute Gasteiger partial charge is 0.388 e. The van der Waals surface area contributed by atoms with E-state index < -0.39 is 72.1 Å². The molecule has 0 aliphatic carbocycles. The van der Waals surface area contributed by atoms with E-state index in [0.717, 1.165) is 0 Å². The first-order chi connectivity index (χ1) is 14.0. The van der Waals surface area contributed by atoms with E-state index in [4.69, 9.17) is 10.2 Å². The SMILES string of the molecule is O[C@@H](CC(O)(C(F)(F)F)C(F)(F)F)c1ccc([C@@H](O)CC(O)(C(F)(F)F)C(F)(F)F)cc1. The molecule has 0 fully saturated rings. The molecule has 1 rings (SSSR count). The Morgan fingerprint density at radius 1 is 0.500 bits per heavy atom. The van der Waals surface area contributed by atoms with Crippen molar-refractivity contribution >= 4 is 0 Å². The van der Waals surface area contributed by atoms with Gasteiger partial charge in [-0.15, -0.1) is 0 Å². The fourth-order valence-corrected chi connectivity index (χ4v) is 2.52. The number of aliphatic hydroxyl groups is 4. The second kappa shape index (κ2) is 8.53. The van der Waals surface area contributed by atoms with Gasteiger partial charge in [0.25, 0.3) is 11.2 Å². The van der Waals surface area contributed by atoms with Crippen LogP contribution in [0.3, 0.4) is 0 Å². The van der Waals surface area contributed by atoms with Crippen molar-refractivity contribution in [3.05, 3.63) is 35.4 Å². The third-order valence-electron chi connectivity index (χ3n) is 4.56. The Bertz CT molecular complexity index is 671. The lowest BCUT2D eigenvalue weighted by Crippen LogP contribution is -2.57. The molecule has 1 aromatic rings. The van der Waals surface area contributed by atoms with E-state index >= 15 is 0 Å². The summed E-state index contributed by atoms with van der Waals surface area (Å²) in [6, 6.07) is 2.04. The minimum Gasteiger partial charge on any atom is -0.388 e. The van der Waals surface area contributed by atoms with Gasteiger partial charge in [0.15, 0.2) is 0 Å². The average Bonchev–Trinajstić information content (AvgIpc) is 2.57. The zero-order valence-electron chi connectivity index (χ0n) is 15.2. The van der Waals surface area contributed by atoms with E-state index in [2.05, 4.69) is 0 Å². The lowest BCUT2D eigenvalue weighted by atomic mass is 9.89. The first-order valence-corrected chi connectivity index (χ1v) is 8.15. The fourth-order valence-electron chi connectivity index (χ4n) is 2.52. The number of hydrogen-bond donors (Lipinski definition) is 4. The van der Waals surface area contributed by atoms with Gasteiger partial charge in [-0.2, -0.15) is 52.7 Å². The molecule has 0 saturated carbocycles. The Kier molecular flexibility index (Phi) is 7.53. The molecule has 0 radical (unpaired) electrons. The number of hydrogen-bond acceptors (Lipinski definition) is 4. The summed E-state index contributed by atoms with van der Waals surface area (Å²) in [6.45, 7) is 0. The molecule has 0 amide bonds. The number of alkyl halides is 12. The second-order valence-corrected chi connectivity index (χ2v) is 6.82. The summed E-state index contributed by atoms with van der Waals surface area (Å²) in [4.78, 5) is 0. The van der Waals surface area contributed by atoms with Crippen molar-refractivity contribution in [2.45, 2.75) is 61.0 Å². The maximum Gasteiger partial charge on any atom is 0.426 e. The minimum atomic E-state index is -6.25. The first-order valence-electron chi connectivity index (χ1n) is 8.15. The number of halogens is 12. The largest absolute Gasteiger partial charge is 0.426 e. The fraction of sp³-hybridized carbons (Fsp3) is 0.625. The van der Waals surface area contributed by atoms with Crippen molar-refractivity contribution in [3.8, 4) is 0 Å². The molecule has 0 bridgehead atoms. The predicted octanol–water partition coefficient (Wildman–Crippen LogP) is 4.25. The van der Waals surface area contributed by atoms with Crippen LogP contribution in [0.15, 0.2) is 24.3 Å². The molecule has 0 spiro atoms. The lowest BCUT2D eigenvalue weighted by molar-refractivity contribution is -0.374. The topological polar surface area (TPSA) is 80.9 Å². The molecule has 4 nitrogen and oxygen atoms in total. The maximum absolute atomic E-state index is 12.7. The summed E-state index contributed by atoms with van der Waals surface area (Å²) < 4.78 is 152. The van der Waals surface area contributed by atoms with Gasteiger partial charge in [0.05, 0.1) is 12.2 Å². The van der Waals surface area contributed by atoms with Crippen LogP contribution in [0.5, 0.6) is 0 Å². The molecule has 4 N–H and O–H groups in total. The summed E-state index contributed by atoms with van der Waals surface area (Å²) in [7, 11) is 0. The molecule has 186 valence electrons. The van der Waals surface area contributed by atoms with Gasteiger partial charge in [0.2, 0.25) is 0 Å². The van der Waals surface area contributed by atoms with Crippen LogP contribution in [0.4, 0.5) is 52.7 Å². The molecule has 0 aliphatic rings. The van der Waals surface area contributed by atoms with Gasteiger partial charge in [0, 0.05) is 12.8 Å². The summed E-state index contributed by atoms with van der Waals surface area (Å²) in [5, 5.41) is 37.4. The number of benzene rings is 1. The standard InChI is InChI=1S/C16H14F12O4/c17-13(18,19)11(31,14(20,21)22)5-9(29)7-1-2-8(4-3-7)10(30)6-12(32,15(23,24)25)16(26,27)28/h1-4,9-10,29-32H,5-6H2/t9-,10-/m0/s1. The second-order valence-electron chi connectivity index (χ2n) is 6.82. The van der Waals surface area contributed by atoms with Crippen molar-refractivity contribution in [2.75, 3.05) is 0 Å². The molecular weight excluding hydrogens is 484 g/mol. The molecule has 0 unspecified atom stereocenters. The van der Waals surface area contributed by atoms with E-state index in [1.165, 1.54) is 0 Å². The highest BCUT2D eigenvalue weighted by molar-refractivity contribution is 5.26. The zero-order chi connectivity index (χ0) is 25.6. The van der Waals surface area contributed by atoms with Crippen molar-refractivity contribution in [1.82, 2.24) is 0 Å². The Labute approximate surface area is 170 Å². The third-order valence-corrected chi connectivity index (χ3v) is 4.56. The normalized spacial score (nSPS) is 16.8. The van der Waals surface area contributed by atoms with Crippen molar-refractivity contribution in [1.29, 1.82) is 0 Å². The maximum atomic E-state index is 12.7. The monoisotopic (exact) mass is 498 g/mol. The van der Waals surface area contributed by atoms with Crippen molar-refractivity contribution < 1.29 is 73.1 Å². The van der Waals surface area contributed by atoms with Crippen molar-refractivity contribution in [3.63, 3.8) is 0 Å². The minimum absolute atomic E-state index is 0.511. The molecule has 0 heterocycles. The van der Waals surface area contributed by atoms with Crippen LogP contribution in [-0.4, -0.2) is 56.3 Å². The van der Waals surface area contributed by atoms with Gasteiger partial charge < -0.3 is 20.4 Å².